The van der Waals surface area contributed by atoms with Gasteiger partial charge >= 0.3 is 0 Å². The van der Waals surface area contributed by atoms with Crippen LogP contribution in [0.1, 0.15) is 26.7 Å². The second kappa shape index (κ2) is 7.53. The average molecular weight is 419 g/mol. The van der Waals surface area contributed by atoms with Crippen LogP contribution in [0.2, 0.25) is 0 Å². The van der Waals surface area contributed by atoms with Crippen LogP contribution < -0.4 is 14.2 Å². The minimum Gasteiger partial charge on any atom is -0.493 e. The van der Waals surface area contributed by atoms with Crippen LogP contribution in [-0.4, -0.2) is 37.8 Å². The lowest BCUT2D eigenvalue weighted by atomic mass is 10.2. The highest BCUT2D eigenvalue weighted by atomic mass is 32.2. The molecule has 0 atom stereocenters. The predicted octanol–water partition coefficient (Wildman–Crippen LogP) is 3.23. The summed E-state index contributed by atoms with van der Waals surface area (Å²) >= 11 is 0. The van der Waals surface area contributed by atoms with Crippen molar-refractivity contribution < 1.29 is 26.8 Å². The smallest absolute Gasteiger partial charge is 0.293 e. The van der Waals surface area contributed by atoms with Gasteiger partial charge in [0.15, 0.2) is 17.3 Å². The van der Waals surface area contributed by atoms with Crippen molar-refractivity contribution in [2.24, 2.45) is 0 Å². The van der Waals surface area contributed by atoms with E-state index in [9.17, 15) is 8.42 Å². The highest BCUT2D eigenvalue weighted by molar-refractivity contribution is 7.89. The van der Waals surface area contributed by atoms with Gasteiger partial charge in [-0.3, -0.25) is 0 Å². The first kappa shape index (κ1) is 19.5. The van der Waals surface area contributed by atoms with E-state index in [1.807, 2.05) is 13.8 Å². The molecule has 1 aliphatic carbocycles. The fourth-order valence-corrected chi connectivity index (χ4v) is 3.89. The topological polar surface area (TPSA) is 117 Å². The van der Waals surface area contributed by atoms with Crippen LogP contribution in [0.4, 0.5) is 0 Å². The van der Waals surface area contributed by atoms with Gasteiger partial charge in [0.25, 0.3) is 15.9 Å². The molecule has 10 heteroatoms. The first-order valence-corrected chi connectivity index (χ1v) is 10.7. The van der Waals surface area contributed by atoms with Gasteiger partial charge in [0.2, 0.25) is 10.9 Å². The largest absolute Gasteiger partial charge is 0.493 e. The van der Waals surface area contributed by atoms with Crippen LogP contribution in [0.15, 0.2) is 44.4 Å². The Morgan fingerprint density at radius 3 is 2.66 bits per heavy atom. The van der Waals surface area contributed by atoms with E-state index in [2.05, 4.69) is 14.9 Å². The van der Waals surface area contributed by atoms with Crippen molar-refractivity contribution in [1.82, 2.24) is 14.9 Å². The highest BCUT2D eigenvalue weighted by Crippen LogP contribution is 2.33. The Labute approximate surface area is 168 Å². The summed E-state index contributed by atoms with van der Waals surface area (Å²) in [6.07, 6.45) is 1.68. The van der Waals surface area contributed by atoms with Crippen molar-refractivity contribution in [3.63, 3.8) is 0 Å². The fourth-order valence-electron chi connectivity index (χ4n) is 2.66. The molecule has 0 unspecified atom stereocenters. The Kier molecular flexibility index (Phi) is 5.05. The number of benzene rings is 1. The molecule has 1 N–H and O–H groups in total. The molecule has 2 aromatic heterocycles. The fraction of sp³-hybridized carbons (Fsp3) is 0.368. The van der Waals surface area contributed by atoms with Gasteiger partial charge in [0, 0.05) is 11.6 Å². The van der Waals surface area contributed by atoms with Crippen molar-refractivity contribution in [2.45, 2.75) is 43.9 Å². The van der Waals surface area contributed by atoms with E-state index in [1.165, 1.54) is 12.1 Å². The molecular weight excluding hydrogens is 398 g/mol. The van der Waals surface area contributed by atoms with Gasteiger partial charge in [0.05, 0.1) is 13.2 Å². The molecule has 1 aliphatic rings. The van der Waals surface area contributed by atoms with E-state index in [1.54, 1.807) is 25.3 Å². The van der Waals surface area contributed by atoms with E-state index >= 15 is 0 Å². The van der Waals surface area contributed by atoms with Gasteiger partial charge in [-0.2, -0.15) is 4.98 Å². The van der Waals surface area contributed by atoms with E-state index in [-0.39, 0.29) is 28.9 Å². The predicted molar refractivity (Wildman–Crippen MR) is 103 cm³/mol. The Balaban J connectivity index is 1.57. The van der Waals surface area contributed by atoms with Crippen molar-refractivity contribution >= 4 is 10.0 Å². The van der Waals surface area contributed by atoms with Crippen molar-refractivity contribution in [2.75, 3.05) is 7.11 Å². The molecule has 4 rings (SSSR count). The summed E-state index contributed by atoms with van der Waals surface area (Å²) in [5.41, 5.74) is 0.655. The summed E-state index contributed by atoms with van der Waals surface area (Å²) in [4.78, 5) is 4.30. The van der Waals surface area contributed by atoms with Crippen LogP contribution in [-0.2, 0) is 10.0 Å². The molecule has 3 aromatic rings. The highest BCUT2D eigenvalue weighted by Gasteiger charge is 2.30. The number of hydrogen-bond acceptors (Lipinski definition) is 8. The van der Waals surface area contributed by atoms with E-state index in [0.29, 0.717) is 22.9 Å². The third-order valence-corrected chi connectivity index (χ3v) is 5.56. The summed E-state index contributed by atoms with van der Waals surface area (Å²) < 4.78 is 48.8. The zero-order valence-electron chi connectivity index (χ0n) is 16.2. The number of ether oxygens (including phenoxy) is 2. The lowest BCUT2D eigenvalue weighted by Crippen LogP contribution is -2.25. The molecule has 2 heterocycles. The molecule has 9 nitrogen and oxygen atoms in total. The van der Waals surface area contributed by atoms with E-state index < -0.39 is 10.0 Å². The maximum atomic E-state index is 12.2. The molecule has 0 bridgehead atoms. The Morgan fingerprint density at radius 1 is 1.17 bits per heavy atom. The van der Waals surface area contributed by atoms with Gasteiger partial charge in [-0.15, -0.1) is 0 Å². The molecule has 29 heavy (non-hydrogen) atoms. The molecule has 0 saturated heterocycles. The molecule has 1 fully saturated rings. The lowest BCUT2D eigenvalue weighted by Gasteiger charge is -2.13. The van der Waals surface area contributed by atoms with E-state index in [0.717, 1.165) is 12.8 Å². The van der Waals surface area contributed by atoms with Gasteiger partial charge in [0.1, 0.15) is 0 Å². The molecule has 0 radical (unpaired) electrons. The Bertz CT molecular complexity index is 1110. The molecular formula is C19H21N3O6S. The van der Waals surface area contributed by atoms with Crippen LogP contribution in [0.25, 0.3) is 23.0 Å². The summed E-state index contributed by atoms with van der Waals surface area (Å²) in [5, 5.41) is 3.77. The van der Waals surface area contributed by atoms with Gasteiger partial charge < -0.3 is 18.4 Å². The number of aromatic nitrogens is 2. The van der Waals surface area contributed by atoms with Gasteiger partial charge in [-0.25, -0.2) is 13.1 Å². The van der Waals surface area contributed by atoms with Gasteiger partial charge in [-0.05, 0) is 57.0 Å². The number of nitrogens with zero attached hydrogens (tertiary/aromatic N) is 2. The minimum absolute atomic E-state index is 0.00496. The number of rotatable bonds is 8. The first-order valence-electron chi connectivity index (χ1n) is 9.17. The zero-order valence-corrected chi connectivity index (χ0v) is 17.0. The molecule has 1 aromatic carbocycles. The number of sulfonamides is 1. The van der Waals surface area contributed by atoms with Crippen LogP contribution in [0, 0.1) is 0 Å². The quantitative estimate of drug-likeness (QED) is 0.591. The second-order valence-corrected chi connectivity index (χ2v) is 8.61. The standard InChI is InChI=1S/C19H21N3O6S/c1-11(2)26-14-7-4-12(10-16(14)25-3)18-20-19(28-21-18)15-8-9-17(27-15)29(23,24)22-13-5-6-13/h4,7-11,13,22H,5-6H2,1-3H3. The molecule has 0 spiro atoms. The summed E-state index contributed by atoms with van der Waals surface area (Å²) in [6.45, 7) is 3.85. The monoisotopic (exact) mass is 419 g/mol. The maximum absolute atomic E-state index is 12.2. The Morgan fingerprint density at radius 2 is 1.97 bits per heavy atom. The summed E-state index contributed by atoms with van der Waals surface area (Å²) in [5.74, 6) is 1.71. The molecule has 1 saturated carbocycles. The summed E-state index contributed by atoms with van der Waals surface area (Å²) in [6, 6.07) is 8.13. The van der Waals surface area contributed by atoms with Crippen molar-refractivity contribution in [1.29, 1.82) is 0 Å². The molecule has 154 valence electrons. The normalized spacial score (nSPS) is 14.3. The number of nitrogens with one attached hydrogen (secondary N) is 1. The first-order chi connectivity index (χ1) is 13.9. The zero-order chi connectivity index (χ0) is 20.6. The van der Waals surface area contributed by atoms with Crippen LogP contribution >= 0.6 is 0 Å². The number of hydrogen-bond donors (Lipinski definition) is 1. The number of methoxy groups -OCH3 is 1. The Hall–Kier alpha value is -2.85. The van der Waals surface area contributed by atoms with Crippen LogP contribution in [0.5, 0.6) is 11.5 Å². The third-order valence-electron chi connectivity index (χ3n) is 4.17. The second-order valence-electron chi connectivity index (χ2n) is 6.97. The number of furan rings is 1. The minimum atomic E-state index is -3.69. The average Bonchev–Trinajstić information content (AvgIpc) is 3.15. The van der Waals surface area contributed by atoms with Crippen molar-refractivity contribution in [3.05, 3.63) is 30.3 Å². The molecule has 0 aliphatic heterocycles. The maximum Gasteiger partial charge on any atom is 0.293 e. The third kappa shape index (κ3) is 4.28. The van der Waals surface area contributed by atoms with E-state index in [4.69, 9.17) is 18.4 Å². The van der Waals surface area contributed by atoms with Crippen molar-refractivity contribution in [3.8, 4) is 34.5 Å². The summed E-state index contributed by atoms with van der Waals surface area (Å²) in [7, 11) is -2.14. The molecule has 0 amide bonds. The van der Waals surface area contributed by atoms with Crippen LogP contribution in [0.3, 0.4) is 0 Å². The lowest BCUT2D eigenvalue weighted by molar-refractivity contribution is 0.230. The SMILES string of the molecule is COc1cc(-c2noc(-c3ccc(S(=O)(=O)NC4CC4)o3)n2)ccc1OC(C)C. The van der Waals surface area contributed by atoms with Gasteiger partial charge in [-0.1, -0.05) is 5.16 Å².